The van der Waals surface area contributed by atoms with E-state index in [0.717, 1.165) is 5.56 Å². The summed E-state index contributed by atoms with van der Waals surface area (Å²) in [6.07, 6.45) is -4.81. The van der Waals surface area contributed by atoms with Crippen LogP contribution in [0, 0.1) is 18.3 Å². The predicted molar refractivity (Wildman–Crippen MR) is 65.9 cm³/mol. The molecule has 0 saturated heterocycles. The number of alkyl halides is 3. The van der Waals surface area contributed by atoms with Crippen molar-refractivity contribution in [1.29, 1.82) is 5.26 Å². The number of halogens is 3. The maximum Gasteiger partial charge on any atom is 0.414 e. The molecule has 0 aromatic heterocycles. The van der Waals surface area contributed by atoms with Gasteiger partial charge in [-0.2, -0.15) is 18.4 Å². The summed E-state index contributed by atoms with van der Waals surface area (Å²) in [6, 6.07) is 8.78. The number of allylic oxidation sites excluding steroid dienone is 1. The van der Waals surface area contributed by atoms with Gasteiger partial charge in [-0.1, -0.05) is 29.8 Å². The molecule has 0 spiro atoms. The molecule has 2 rings (SSSR count). The molecule has 0 fully saturated rings. The highest BCUT2D eigenvalue weighted by Gasteiger charge is 2.38. The van der Waals surface area contributed by atoms with Crippen LogP contribution in [0.1, 0.15) is 17.5 Å². The molecule has 2 nitrogen and oxygen atoms in total. The smallest absolute Gasteiger partial charge is 0.283 e. The van der Waals surface area contributed by atoms with Crippen LogP contribution in [0.25, 0.3) is 0 Å². The molecule has 1 heterocycles. The molecule has 0 N–H and O–H groups in total. The van der Waals surface area contributed by atoms with Crippen molar-refractivity contribution in [3.05, 3.63) is 46.5 Å². The average Bonchev–Trinajstić information content (AvgIpc) is 2.37. The number of hydrogen-bond acceptors (Lipinski definition) is 2. The van der Waals surface area contributed by atoms with E-state index < -0.39 is 11.7 Å². The Morgan fingerprint density at radius 3 is 2.63 bits per heavy atom. The summed E-state index contributed by atoms with van der Waals surface area (Å²) in [6.45, 7) is 1.67. The second kappa shape index (κ2) is 4.88. The Labute approximate surface area is 108 Å². The van der Waals surface area contributed by atoms with Crippen LogP contribution in [0.3, 0.4) is 0 Å². The van der Waals surface area contributed by atoms with Crippen LogP contribution in [0.4, 0.5) is 13.2 Å². The van der Waals surface area contributed by atoms with Gasteiger partial charge in [-0.15, -0.1) is 0 Å². The lowest BCUT2D eigenvalue weighted by Gasteiger charge is -2.19. The largest absolute Gasteiger partial charge is 0.414 e. The number of nitriles is 1. The van der Waals surface area contributed by atoms with E-state index >= 15 is 0 Å². The van der Waals surface area contributed by atoms with Crippen molar-refractivity contribution in [1.82, 2.24) is 0 Å². The van der Waals surface area contributed by atoms with Crippen molar-refractivity contribution >= 4 is 5.71 Å². The fourth-order valence-corrected chi connectivity index (χ4v) is 1.99. The van der Waals surface area contributed by atoms with E-state index in [2.05, 4.69) is 4.99 Å². The van der Waals surface area contributed by atoms with Gasteiger partial charge in [0, 0.05) is 12.1 Å². The van der Waals surface area contributed by atoms with Crippen LogP contribution in [0.5, 0.6) is 0 Å². The van der Waals surface area contributed by atoms with Gasteiger partial charge in [0.05, 0.1) is 23.8 Å². The highest BCUT2D eigenvalue weighted by Crippen LogP contribution is 2.34. The second-order valence-corrected chi connectivity index (χ2v) is 4.38. The Hall–Kier alpha value is -2.09. The van der Waals surface area contributed by atoms with Crippen molar-refractivity contribution in [3.63, 3.8) is 0 Å². The molecule has 0 amide bonds. The number of aliphatic imine (C=N–C) groups is 1. The third kappa shape index (κ3) is 2.84. The zero-order chi connectivity index (χ0) is 14.0. The van der Waals surface area contributed by atoms with Crippen LogP contribution < -0.4 is 0 Å². The molecule has 5 heteroatoms. The van der Waals surface area contributed by atoms with Gasteiger partial charge in [0.25, 0.3) is 0 Å². The molecule has 0 bridgehead atoms. The predicted octanol–water partition coefficient (Wildman–Crippen LogP) is 3.57. The van der Waals surface area contributed by atoms with Gasteiger partial charge in [-0.3, -0.25) is 4.99 Å². The minimum Gasteiger partial charge on any atom is -0.283 e. The van der Waals surface area contributed by atoms with Crippen molar-refractivity contribution in [2.45, 2.75) is 19.5 Å². The van der Waals surface area contributed by atoms with Crippen molar-refractivity contribution in [2.24, 2.45) is 4.99 Å². The minimum absolute atomic E-state index is 0.200. The number of aryl methyl sites for hydroxylation is 1. The Morgan fingerprint density at radius 1 is 1.32 bits per heavy atom. The van der Waals surface area contributed by atoms with E-state index in [1.165, 1.54) is 0 Å². The monoisotopic (exact) mass is 264 g/mol. The van der Waals surface area contributed by atoms with Crippen LogP contribution in [0.2, 0.25) is 0 Å². The quantitative estimate of drug-likeness (QED) is 0.763. The zero-order valence-electron chi connectivity index (χ0n) is 10.3. The number of dihydropyridines is 1. The van der Waals surface area contributed by atoms with Gasteiger partial charge >= 0.3 is 6.18 Å². The third-order valence-electron chi connectivity index (χ3n) is 2.96. The van der Waals surface area contributed by atoms with Crippen LogP contribution in [-0.4, -0.2) is 18.4 Å². The normalized spacial score (nSPS) is 16.1. The van der Waals surface area contributed by atoms with E-state index in [1.54, 1.807) is 24.3 Å². The fourth-order valence-electron chi connectivity index (χ4n) is 1.99. The van der Waals surface area contributed by atoms with E-state index in [1.807, 2.05) is 13.0 Å². The highest BCUT2D eigenvalue weighted by atomic mass is 19.4. The van der Waals surface area contributed by atoms with Gasteiger partial charge in [0.2, 0.25) is 0 Å². The first-order valence-corrected chi connectivity index (χ1v) is 5.71. The lowest BCUT2D eigenvalue weighted by molar-refractivity contribution is -0.0933. The summed E-state index contributed by atoms with van der Waals surface area (Å²) in [4.78, 5) is 4.09. The van der Waals surface area contributed by atoms with Crippen molar-refractivity contribution in [2.75, 3.05) is 6.54 Å². The summed E-state index contributed by atoms with van der Waals surface area (Å²) < 4.78 is 38.6. The SMILES string of the molecule is Cc1cccc(C2=NCC(C#N)=C(C(F)(F)F)C2)c1. The number of rotatable bonds is 1. The lowest BCUT2D eigenvalue weighted by Crippen LogP contribution is -2.22. The van der Waals surface area contributed by atoms with Crippen LogP contribution in [-0.2, 0) is 0 Å². The van der Waals surface area contributed by atoms with Gasteiger partial charge < -0.3 is 0 Å². The Bertz CT molecular complexity index is 604. The molecule has 19 heavy (non-hydrogen) atoms. The summed E-state index contributed by atoms with van der Waals surface area (Å²) in [5.74, 6) is 0. The molecule has 1 aliphatic heterocycles. The van der Waals surface area contributed by atoms with Crippen molar-refractivity contribution in [3.8, 4) is 6.07 Å². The van der Waals surface area contributed by atoms with Crippen LogP contribution >= 0.6 is 0 Å². The van der Waals surface area contributed by atoms with Gasteiger partial charge in [0.1, 0.15) is 0 Å². The van der Waals surface area contributed by atoms with Crippen molar-refractivity contribution < 1.29 is 13.2 Å². The maximum atomic E-state index is 12.9. The fraction of sp³-hybridized carbons (Fsp3) is 0.286. The molecule has 0 atom stereocenters. The molecule has 1 aliphatic rings. The summed E-state index contributed by atoms with van der Waals surface area (Å²) in [5.41, 5.74) is 0.961. The molecule has 98 valence electrons. The van der Waals surface area contributed by atoms with Gasteiger partial charge in [-0.05, 0) is 12.5 Å². The topological polar surface area (TPSA) is 36.1 Å². The molecule has 1 aromatic carbocycles. The molecule has 0 unspecified atom stereocenters. The van der Waals surface area contributed by atoms with Gasteiger partial charge in [0.15, 0.2) is 0 Å². The van der Waals surface area contributed by atoms with E-state index in [0.29, 0.717) is 11.3 Å². The Morgan fingerprint density at radius 2 is 2.05 bits per heavy atom. The van der Waals surface area contributed by atoms with E-state index in [4.69, 9.17) is 5.26 Å². The zero-order valence-corrected chi connectivity index (χ0v) is 10.3. The number of benzene rings is 1. The molecule has 1 aromatic rings. The molecular formula is C14H11F3N2. The highest BCUT2D eigenvalue weighted by molar-refractivity contribution is 6.03. The number of nitrogens with zero attached hydrogens (tertiary/aromatic N) is 2. The second-order valence-electron chi connectivity index (χ2n) is 4.38. The Kier molecular flexibility index (Phi) is 3.43. The average molecular weight is 264 g/mol. The maximum absolute atomic E-state index is 12.9. The summed E-state index contributed by atoms with van der Waals surface area (Å²) in [5, 5.41) is 8.75. The first-order chi connectivity index (χ1) is 8.91. The van der Waals surface area contributed by atoms with E-state index in [-0.39, 0.29) is 18.5 Å². The van der Waals surface area contributed by atoms with E-state index in [9.17, 15) is 13.2 Å². The number of hydrogen-bond donors (Lipinski definition) is 0. The summed E-state index contributed by atoms with van der Waals surface area (Å²) in [7, 11) is 0. The molecular weight excluding hydrogens is 253 g/mol. The standard InChI is InChI=1S/C14H11F3N2/c1-9-3-2-4-10(5-9)13-6-12(14(15,16)17)11(7-18)8-19-13/h2-5H,6,8H2,1H3. The first-order valence-electron chi connectivity index (χ1n) is 5.71. The van der Waals surface area contributed by atoms with Crippen LogP contribution in [0.15, 0.2) is 40.4 Å². The van der Waals surface area contributed by atoms with Gasteiger partial charge in [-0.25, -0.2) is 0 Å². The summed E-state index contributed by atoms with van der Waals surface area (Å²) >= 11 is 0. The molecule has 0 saturated carbocycles. The third-order valence-corrected chi connectivity index (χ3v) is 2.96. The molecule has 0 radical (unpaired) electrons. The lowest BCUT2D eigenvalue weighted by atomic mass is 9.94. The Balaban J connectivity index is 2.35. The minimum atomic E-state index is -4.48. The first kappa shape index (κ1) is 13.3. The molecule has 0 aliphatic carbocycles.